The van der Waals surface area contributed by atoms with Crippen molar-refractivity contribution in [1.29, 1.82) is 0 Å². The number of rotatable bonds is 7. The van der Waals surface area contributed by atoms with Crippen molar-refractivity contribution < 1.29 is 14.3 Å². The zero-order valence-electron chi connectivity index (χ0n) is 20.7. The van der Waals surface area contributed by atoms with E-state index in [0.29, 0.717) is 23.2 Å². The quantitative estimate of drug-likeness (QED) is 0.282. The lowest BCUT2D eigenvalue weighted by Crippen LogP contribution is -2.10. The second kappa shape index (κ2) is 10.3. The minimum atomic E-state index is -0.237. The Kier molecular flexibility index (Phi) is 7.22. The maximum atomic E-state index is 12.5. The van der Waals surface area contributed by atoms with Gasteiger partial charge < -0.3 is 9.47 Å². The molecule has 0 aliphatic carbocycles. The molecule has 0 unspecified atom stereocenters. The predicted molar refractivity (Wildman–Crippen MR) is 144 cm³/mol. The van der Waals surface area contributed by atoms with Crippen LogP contribution in [-0.2, 0) is 16.8 Å². The van der Waals surface area contributed by atoms with Crippen LogP contribution in [0.5, 0.6) is 11.5 Å². The highest BCUT2D eigenvalue weighted by Gasteiger charge is 2.15. The van der Waals surface area contributed by atoms with Crippen molar-refractivity contribution in [3.63, 3.8) is 0 Å². The van der Waals surface area contributed by atoms with Gasteiger partial charge in [0.2, 0.25) is 5.91 Å². The molecule has 3 aromatic carbocycles. The number of carbonyl (C=O) groups is 1. The Bertz CT molecular complexity index is 1380. The summed E-state index contributed by atoms with van der Waals surface area (Å²) in [6.07, 6.45) is 3.24. The van der Waals surface area contributed by atoms with Gasteiger partial charge in [-0.3, -0.25) is 10.1 Å². The molecule has 0 aliphatic heterocycles. The molecule has 6 heteroatoms. The molecule has 1 amide bonds. The van der Waals surface area contributed by atoms with E-state index in [1.165, 1.54) is 28.5 Å². The average molecular weight is 487 g/mol. The number of anilines is 1. The van der Waals surface area contributed by atoms with E-state index < -0.39 is 0 Å². The average Bonchev–Trinajstić information content (AvgIpc) is 3.23. The van der Waals surface area contributed by atoms with Crippen LogP contribution in [0, 0.1) is 6.92 Å². The number of ether oxygens (including phenoxy) is 2. The van der Waals surface area contributed by atoms with Crippen LogP contribution in [0.3, 0.4) is 0 Å². The summed E-state index contributed by atoms with van der Waals surface area (Å²) >= 11 is 1.48. The number of hydrogen-bond acceptors (Lipinski definition) is 5. The first-order valence-electron chi connectivity index (χ1n) is 11.5. The number of benzene rings is 3. The van der Waals surface area contributed by atoms with Gasteiger partial charge in [-0.1, -0.05) is 68.5 Å². The fraction of sp³-hybridized carbons (Fsp3) is 0.241. The monoisotopic (exact) mass is 486 g/mol. The van der Waals surface area contributed by atoms with Gasteiger partial charge in [0.25, 0.3) is 0 Å². The van der Waals surface area contributed by atoms with Gasteiger partial charge in [-0.15, -0.1) is 0 Å². The highest BCUT2D eigenvalue weighted by molar-refractivity contribution is 7.22. The van der Waals surface area contributed by atoms with Gasteiger partial charge in [0, 0.05) is 6.08 Å². The molecule has 180 valence electrons. The van der Waals surface area contributed by atoms with Crippen molar-refractivity contribution in [3.05, 3.63) is 89.0 Å². The second-order valence-electron chi connectivity index (χ2n) is 9.40. The molecule has 4 rings (SSSR count). The van der Waals surface area contributed by atoms with Crippen LogP contribution < -0.4 is 14.8 Å². The lowest BCUT2D eigenvalue weighted by atomic mass is 9.87. The van der Waals surface area contributed by atoms with E-state index in [4.69, 9.17) is 9.47 Å². The number of aromatic nitrogens is 1. The second-order valence-corrected chi connectivity index (χ2v) is 10.4. The molecule has 0 bridgehead atoms. The molecule has 1 N–H and O–H groups in total. The zero-order valence-corrected chi connectivity index (χ0v) is 21.5. The molecule has 0 radical (unpaired) electrons. The summed E-state index contributed by atoms with van der Waals surface area (Å²) in [6.45, 7) is 9.06. The van der Waals surface area contributed by atoms with E-state index in [9.17, 15) is 4.79 Å². The van der Waals surface area contributed by atoms with Crippen LogP contribution >= 0.6 is 11.3 Å². The molecule has 35 heavy (non-hydrogen) atoms. The van der Waals surface area contributed by atoms with Gasteiger partial charge in [0.1, 0.15) is 6.61 Å². The molecule has 0 saturated carbocycles. The Morgan fingerprint density at radius 1 is 1.06 bits per heavy atom. The summed E-state index contributed by atoms with van der Waals surface area (Å²) in [6, 6.07) is 20.0. The number of amides is 1. The number of carbonyl (C=O) groups excluding carboxylic acids is 1. The normalized spacial score (nSPS) is 11.7. The minimum Gasteiger partial charge on any atom is -0.493 e. The lowest BCUT2D eigenvalue weighted by molar-refractivity contribution is -0.111. The van der Waals surface area contributed by atoms with Gasteiger partial charge in [-0.2, -0.15) is 0 Å². The largest absolute Gasteiger partial charge is 0.493 e. The molecule has 0 fully saturated rings. The standard InChI is InChI=1S/C29H30N2O3S/c1-19-8-6-7-9-21(19)18-34-24-14-10-20(16-25(24)33-5)11-15-27(32)31-28-30-23-13-12-22(29(2,3)4)17-26(23)35-28/h6-17H,18H2,1-5H3,(H,30,31,32)/b15-11+. The van der Waals surface area contributed by atoms with E-state index in [-0.39, 0.29) is 11.3 Å². The van der Waals surface area contributed by atoms with Gasteiger partial charge in [0.15, 0.2) is 16.6 Å². The maximum Gasteiger partial charge on any atom is 0.250 e. The van der Waals surface area contributed by atoms with Crippen molar-refractivity contribution in [2.45, 2.75) is 39.7 Å². The van der Waals surface area contributed by atoms with Crippen LogP contribution in [0.1, 0.15) is 43.0 Å². The molecule has 0 spiro atoms. The van der Waals surface area contributed by atoms with Crippen LogP contribution in [-0.4, -0.2) is 18.0 Å². The molecule has 0 aliphatic rings. The van der Waals surface area contributed by atoms with E-state index >= 15 is 0 Å². The van der Waals surface area contributed by atoms with E-state index in [1.807, 2.05) is 42.5 Å². The van der Waals surface area contributed by atoms with Crippen LogP contribution in [0.15, 0.2) is 66.7 Å². The molecular formula is C29H30N2O3S. The first-order chi connectivity index (χ1) is 16.7. The van der Waals surface area contributed by atoms with Crippen molar-refractivity contribution in [1.82, 2.24) is 4.98 Å². The van der Waals surface area contributed by atoms with Crippen LogP contribution in [0.25, 0.3) is 16.3 Å². The van der Waals surface area contributed by atoms with Gasteiger partial charge >= 0.3 is 0 Å². The molecule has 1 heterocycles. The predicted octanol–water partition coefficient (Wildman–Crippen LogP) is 7.14. The third-order valence-electron chi connectivity index (χ3n) is 5.74. The number of nitrogens with one attached hydrogen (secondary N) is 1. The summed E-state index contributed by atoms with van der Waals surface area (Å²) in [7, 11) is 1.61. The number of methoxy groups -OCH3 is 1. The first-order valence-corrected chi connectivity index (χ1v) is 12.3. The summed E-state index contributed by atoms with van der Waals surface area (Å²) < 4.78 is 12.5. The van der Waals surface area contributed by atoms with E-state index in [2.05, 4.69) is 56.2 Å². The smallest absolute Gasteiger partial charge is 0.250 e. The molecule has 5 nitrogen and oxygen atoms in total. The van der Waals surface area contributed by atoms with E-state index in [0.717, 1.165) is 21.3 Å². The topological polar surface area (TPSA) is 60.5 Å². The zero-order chi connectivity index (χ0) is 25.0. The molecule has 1 aromatic heterocycles. The Labute approximate surface area is 210 Å². The summed E-state index contributed by atoms with van der Waals surface area (Å²) in [5, 5.41) is 3.45. The Morgan fingerprint density at radius 3 is 2.60 bits per heavy atom. The minimum absolute atomic E-state index is 0.0620. The number of nitrogens with zero attached hydrogens (tertiary/aromatic N) is 1. The Hall–Kier alpha value is -3.64. The van der Waals surface area contributed by atoms with E-state index in [1.54, 1.807) is 13.2 Å². The third kappa shape index (κ3) is 6.08. The number of hydrogen-bond donors (Lipinski definition) is 1. The van der Waals surface area contributed by atoms with Gasteiger partial charge in [0.05, 0.1) is 17.3 Å². The Morgan fingerprint density at radius 2 is 1.86 bits per heavy atom. The number of aryl methyl sites for hydroxylation is 1. The van der Waals surface area contributed by atoms with Crippen LogP contribution in [0.4, 0.5) is 5.13 Å². The molecule has 4 aromatic rings. The lowest BCUT2D eigenvalue weighted by Gasteiger charge is -2.18. The SMILES string of the molecule is COc1cc(/C=C/C(=O)Nc2nc3ccc(C(C)(C)C)cc3s2)ccc1OCc1ccccc1C. The maximum absolute atomic E-state index is 12.5. The van der Waals surface area contributed by atoms with Crippen molar-refractivity contribution >= 4 is 38.7 Å². The fourth-order valence-corrected chi connectivity index (χ4v) is 4.51. The summed E-state index contributed by atoms with van der Waals surface area (Å²) in [5.74, 6) is 1.03. The van der Waals surface area contributed by atoms with Crippen molar-refractivity contribution in [2.24, 2.45) is 0 Å². The number of thiazole rings is 1. The molecule has 0 saturated heterocycles. The molecular weight excluding hydrogens is 456 g/mol. The fourth-order valence-electron chi connectivity index (χ4n) is 3.60. The third-order valence-corrected chi connectivity index (χ3v) is 6.68. The van der Waals surface area contributed by atoms with Gasteiger partial charge in [-0.05, 0) is 64.9 Å². The summed E-state index contributed by atoms with van der Waals surface area (Å²) in [4.78, 5) is 17.1. The van der Waals surface area contributed by atoms with Gasteiger partial charge in [-0.25, -0.2) is 4.98 Å². The highest BCUT2D eigenvalue weighted by Crippen LogP contribution is 2.32. The van der Waals surface area contributed by atoms with Crippen molar-refractivity contribution in [3.8, 4) is 11.5 Å². The Balaban J connectivity index is 1.41. The highest BCUT2D eigenvalue weighted by atomic mass is 32.1. The number of fused-ring (bicyclic) bond motifs is 1. The van der Waals surface area contributed by atoms with Crippen LogP contribution in [0.2, 0.25) is 0 Å². The first kappa shape index (κ1) is 24.5. The summed E-state index contributed by atoms with van der Waals surface area (Å²) in [5.41, 5.74) is 5.32. The molecule has 0 atom stereocenters. The van der Waals surface area contributed by atoms with Crippen molar-refractivity contribution in [2.75, 3.05) is 12.4 Å².